The number of H-pyrrole nitrogens is 1. The molecule has 2 aromatic carbocycles. The third kappa shape index (κ3) is 3.98. The van der Waals surface area contributed by atoms with Gasteiger partial charge in [0.05, 0.1) is 12.1 Å². The van der Waals surface area contributed by atoms with Crippen LogP contribution < -0.4 is 5.32 Å². The molecule has 3 aromatic rings. The van der Waals surface area contributed by atoms with Crippen molar-refractivity contribution in [3.63, 3.8) is 0 Å². The zero-order valence-corrected chi connectivity index (χ0v) is 15.9. The SMILES string of the molecule is Cc1c(F)cccc1-c1ccc2[nH]nc(C(=O)NCCN3CCC(F)(F)C3)c2c1. The first-order valence-electron chi connectivity index (χ1n) is 9.46. The van der Waals surface area contributed by atoms with Gasteiger partial charge >= 0.3 is 0 Å². The van der Waals surface area contributed by atoms with Crippen LogP contribution in [0.5, 0.6) is 0 Å². The third-order valence-electron chi connectivity index (χ3n) is 5.32. The van der Waals surface area contributed by atoms with Crippen molar-refractivity contribution >= 4 is 16.8 Å². The number of likely N-dealkylation sites (tertiary alicyclic amines) is 1. The number of hydrogen-bond donors (Lipinski definition) is 2. The van der Waals surface area contributed by atoms with E-state index in [-0.39, 0.29) is 36.9 Å². The lowest BCUT2D eigenvalue weighted by molar-refractivity contribution is 0.0124. The molecule has 29 heavy (non-hydrogen) atoms. The molecule has 2 heterocycles. The van der Waals surface area contributed by atoms with Gasteiger partial charge in [-0.25, -0.2) is 13.2 Å². The van der Waals surface area contributed by atoms with Crippen LogP contribution >= 0.6 is 0 Å². The van der Waals surface area contributed by atoms with E-state index in [4.69, 9.17) is 0 Å². The maximum Gasteiger partial charge on any atom is 0.272 e. The van der Waals surface area contributed by atoms with Gasteiger partial charge < -0.3 is 5.32 Å². The number of benzene rings is 2. The minimum atomic E-state index is -2.64. The Balaban J connectivity index is 1.50. The molecule has 1 fully saturated rings. The number of nitrogens with one attached hydrogen (secondary N) is 2. The van der Waals surface area contributed by atoms with Crippen LogP contribution in [0, 0.1) is 12.7 Å². The van der Waals surface area contributed by atoms with Crippen LogP contribution in [0.3, 0.4) is 0 Å². The average molecular weight is 402 g/mol. The highest BCUT2D eigenvalue weighted by Gasteiger charge is 2.37. The maximum atomic E-state index is 13.9. The van der Waals surface area contributed by atoms with Crippen molar-refractivity contribution < 1.29 is 18.0 Å². The molecule has 4 rings (SSSR count). The van der Waals surface area contributed by atoms with Crippen LogP contribution in [0.2, 0.25) is 0 Å². The Hall–Kier alpha value is -2.87. The van der Waals surface area contributed by atoms with Gasteiger partial charge in [-0.2, -0.15) is 5.10 Å². The van der Waals surface area contributed by atoms with E-state index >= 15 is 0 Å². The van der Waals surface area contributed by atoms with E-state index in [9.17, 15) is 18.0 Å². The van der Waals surface area contributed by atoms with Gasteiger partial charge in [0.1, 0.15) is 5.82 Å². The van der Waals surface area contributed by atoms with Crippen LogP contribution in [-0.2, 0) is 0 Å². The van der Waals surface area contributed by atoms with Crippen LogP contribution in [0.25, 0.3) is 22.0 Å². The monoisotopic (exact) mass is 402 g/mol. The fraction of sp³-hybridized carbons (Fsp3) is 0.333. The van der Waals surface area contributed by atoms with Crippen LogP contribution in [0.1, 0.15) is 22.5 Å². The predicted molar refractivity (Wildman–Crippen MR) is 105 cm³/mol. The molecule has 8 heteroatoms. The molecule has 1 aliphatic rings. The second-order valence-corrected chi connectivity index (χ2v) is 7.38. The quantitative estimate of drug-likeness (QED) is 0.683. The largest absolute Gasteiger partial charge is 0.349 e. The van der Waals surface area contributed by atoms with Crippen molar-refractivity contribution in [3.8, 4) is 11.1 Å². The number of aromatic amines is 1. The number of carbonyl (C=O) groups is 1. The fourth-order valence-electron chi connectivity index (χ4n) is 3.68. The second-order valence-electron chi connectivity index (χ2n) is 7.38. The first-order valence-corrected chi connectivity index (χ1v) is 9.46. The number of amides is 1. The van der Waals surface area contributed by atoms with E-state index in [1.807, 2.05) is 12.1 Å². The fourth-order valence-corrected chi connectivity index (χ4v) is 3.68. The minimum absolute atomic E-state index is 0.146. The number of carbonyl (C=O) groups excluding carboxylic acids is 1. The third-order valence-corrected chi connectivity index (χ3v) is 5.32. The lowest BCUT2D eigenvalue weighted by Gasteiger charge is -2.15. The predicted octanol–water partition coefficient (Wildman–Crippen LogP) is 3.75. The summed E-state index contributed by atoms with van der Waals surface area (Å²) in [6.07, 6.45) is -0.146. The smallest absolute Gasteiger partial charge is 0.272 e. The van der Waals surface area contributed by atoms with Gasteiger partial charge in [-0.15, -0.1) is 0 Å². The van der Waals surface area contributed by atoms with Gasteiger partial charge in [-0.3, -0.25) is 14.8 Å². The van der Waals surface area contributed by atoms with Crippen LogP contribution in [-0.4, -0.2) is 53.1 Å². The molecule has 5 nitrogen and oxygen atoms in total. The molecular formula is C21H21F3N4O. The summed E-state index contributed by atoms with van der Waals surface area (Å²) in [5.74, 6) is -3.32. The Kier molecular flexibility index (Phi) is 5.04. The number of alkyl halides is 2. The highest BCUT2D eigenvalue weighted by Crippen LogP contribution is 2.29. The summed E-state index contributed by atoms with van der Waals surface area (Å²) >= 11 is 0. The molecule has 1 aliphatic heterocycles. The lowest BCUT2D eigenvalue weighted by atomic mass is 9.98. The molecule has 0 radical (unpaired) electrons. The summed E-state index contributed by atoms with van der Waals surface area (Å²) in [6.45, 7) is 2.37. The summed E-state index contributed by atoms with van der Waals surface area (Å²) in [5.41, 5.74) is 2.97. The van der Waals surface area contributed by atoms with E-state index in [1.54, 1.807) is 30.0 Å². The van der Waals surface area contributed by atoms with Crippen LogP contribution in [0.15, 0.2) is 36.4 Å². The van der Waals surface area contributed by atoms with Crippen molar-refractivity contribution in [2.24, 2.45) is 0 Å². The Morgan fingerprint density at radius 2 is 2.14 bits per heavy atom. The molecule has 1 aromatic heterocycles. The van der Waals surface area contributed by atoms with Gasteiger partial charge in [0.2, 0.25) is 0 Å². The summed E-state index contributed by atoms with van der Waals surface area (Å²) in [4.78, 5) is 14.2. The lowest BCUT2D eigenvalue weighted by Crippen LogP contribution is -2.35. The Morgan fingerprint density at radius 3 is 2.90 bits per heavy atom. The van der Waals surface area contributed by atoms with Crippen molar-refractivity contribution in [2.75, 3.05) is 26.2 Å². The van der Waals surface area contributed by atoms with E-state index in [0.29, 0.717) is 29.6 Å². The molecule has 0 saturated carbocycles. The average Bonchev–Trinajstić information content (AvgIpc) is 3.26. The zero-order chi connectivity index (χ0) is 20.6. The molecule has 1 saturated heterocycles. The standard InChI is InChI=1S/C21H21F3N4O/c1-13-15(3-2-4-17(13)22)14-5-6-18-16(11-14)19(27-26-18)20(29)25-8-10-28-9-7-21(23,24)12-28/h2-6,11H,7-10,12H2,1H3,(H,25,29)(H,26,27). The van der Waals surface area contributed by atoms with Gasteiger partial charge in [0, 0.05) is 31.4 Å². The summed E-state index contributed by atoms with van der Waals surface area (Å²) < 4.78 is 40.4. The number of nitrogens with zero attached hydrogens (tertiary/aromatic N) is 2. The van der Waals surface area contributed by atoms with Gasteiger partial charge in [0.15, 0.2) is 5.69 Å². The number of hydrogen-bond acceptors (Lipinski definition) is 3. The Labute approximate surface area is 165 Å². The Morgan fingerprint density at radius 1 is 1.31 bits per heavy atom. The number of rotatable bonds is 5. The summed E-state index contributed by atoms with van der Waals surface area (Å²) in [7, 11) is 0. The minimum Gasteiger partial charge on any atom is -0.349 e. The number of halogens is 3. The highest BCUT2D eigenvalue weighted by molar-refractivity contribution is 6.05. The normalized spacial score (nSPS) is 16.4. The topological polar surface area (TPSA) is 61.0 Å². The number of fused-ring (bicyclic) bond motifs is 1. The summed E-state index contributed by atoms with van der Waals surface area (Å²) in [5, 5.41) is 10.3. The molecule has 1 amide bonds. The number of aromatic nitrogens is 2. The van der Waals surface area contributed by atoms with Crippen molar-refractivity contribution in [2.45, 2.75) is 19.3 Å². The van der Waals surface area contributed by atoms with Crippen molar-refractivity contribution in [1.29, 1.82) is 0 Å². The van der Waals surface area contributed by atoms with E-state index in [2.05, 4.69) is 15.5 Å². The molecule has 152 valence electrons. The van der Waals surface area contributed by atoms with E-state index < -0.39 is 5.92 Å². The molecule has 2 N–H and O–H groups in total. The first kappa shape index (κ1) is 19.4. The van der Waals surface area contributed by atoms with Gasteiger partial charge in [-0.05, 0) is 41.8 Å². The van der Waals surface area contributed by atoms with E-state index in [1.165, 1.54) is 6.07 Å². The van der Waals surface area contributed by atoms with Gasteiger partial charge in [-0.1, -0.05) is 18.2 Å². The first-order chi connectivity index (χ1) is 13.8. The Bertz CT molecular complexity index is 1060. The molecular weight excluding hydrogens is 381 g/mol. The molecule has 0 unspecified atom stereocenters. The highest BCUT2D eigenvalue weighted by atomic mass is 19.3. The van der Waals surface area contributed by atoms with Crippen molar-refractivity contribution in [3.05, 3.63) is 53.5 Å². The zero-order valence-electron chi connectivity index (χ0n) is 15.9. The van der Waals surface area contributed by atoms with Crippen LogP contribution in [0.4, 0.5) is 13.2 Å². The molecule has 0 atom stereocenters. The molecule has 0 bridgehead atoms. The van der Waals surface area contributed by atoms with E-state index in [0.717, 1.165) is 11.1 Å². The molecule has 0 aliphatic carbocycles. The summed E-state index contributed by atoms with van der Waals surface area (Å²) in [6, 6.07) is 10.3. The van der Waals surface area contributed by atoms with Gasteiger partial charge in [0.25, 0.3) is 11.8 Å². The van der Waals surface area contributed by atoms with Crippen molar-refractivity contribution in [1.82, 2.24) is 20.4 Å². The second kappa shape index (κ2) is 7.51. The maximum absolute atomic E-state index is 13.9. The molecule has 0 spiro atoms.